The second kappa shape index (κ2) is 1.51. The Morgan fingerprint density at radius 3 is 2.43 bits per heavy atom. The van der Waals surface area contributed by atoms with Crippen LogP contribution in [0.3, 0.4) is 0 Å². The summed E-state index contributed by atoms with van der Waals surface area (Å²) in [7, 11) is 0. The summed E-state index contributed by atoms with van der Waals surface area (Å²) in [5.74, 6) is 0.701. The van der Waals surface area contributed by atoms with Gasteiger partial charge in [-0.2, -0.15) is 0 Å². The maximum atomic E-state index is 8.63. The molecule has 2 N–H and O–H groups in total. The van der Waals surface area contributed by atoms with Gasteiger partial charge in [0.05, 0.1) is 0 Å². The third kappa shape index (κ3) is 1.19. The summed E-state index contributed by atoms with van der Waals surface area (Å²) in [6.45, 7) is 0. The smallest absolute Gasteiger partial charge is 0.234 e. The van der Waals surface area contributed by atoms with Crippen molar-refractivity contribution in [3.05, 3.63) is 12.2 Å². The van der Waals surface area contributed by atoms with Crippen molar-refractivity contribution < 1.29 is 10.2 Å². The van der Waals surface area contributed by atoms with Gasteiger partial charge in [0.15, 0.2) is 0 Å². The molecule has 0 amide bonds. The van der Waals surface area contributed by atoms with Gasteiger partial charge in [-0.15, -0.1) is 0 Å². The molecule has 0 radical (unpaired) electrons. The summed E-state index contributed by atoms with van der Waals surface area (Å²) < 4.78 is 0. The molecule has 0 fully saturated rings. The van der Waals surface area contributed by atoms with Gasteiger partial charge in [0.1, 0.15) is 0 Å². The van der Waals surface area contributed by atoms with Gasteiger partial charge < -0.3 is 10.2 Å². The van der Waals surface area contributed by atoms with Crippen LogP contribution in [0, 0.1) is 0 Å². The first-order valence-corrected chi connectivity index (χ1v) is 2.96. The molecule has 0 spiro atoms. The minimum atomic E-state index is -1.57. The molecule has 0 aromatic carbocycles. The van der Waals surface area contributed by atoms with E-state index in [1.54, 1.807) is 6.08 Å². The Kier molecular flexibility index (Phi) is 1.11. The van der Waals surface area contributed by atoms with E-state index in [1.165, 1.54) is 6.08 Å². The van der Waals surface area contributed by atoms with Crippen LogP contribution in [0.2, 0.25) is 0 Å². The summed E-state index contributed by atoms with van der Waals surface area (Å²) in [5.41, 5.74) is 0. The Labute approximate surface area is 45.9 Å². The predicted octanol–water partition coefficient (Wildman–Crippen LogP) is -0.0722. The molecule has 1 aliphatic heterocycles. The second-order valence-corrected chi connectivity index (χ2v) is 2.59. The molecule has 40 valence electrons. The maximum absolute atomic E-state index is 8.63. The van der Waals surface area contributed by atoms with Crippen molar-refractivity contribution in [2.75, 3.05) is 5.75 Å². The Balaban J connectivity index is 2.57. The third-order valence-corrected chi connectivity index (χ3v) is 1.65. The van der Waals surface area contributed by atoms with Gasteiger partial charge >= 0.3 is 0 Å². The molecule has 3 heteroatoms. The lowest BCUT2D eigenvalue weighted by Crippen LogP contribution is -2.15. The molecule has 0 aliphatic carbocycles. The van der Waals surface area contributed by atoms with E-state index in [2.05, 4.69) is 0 Å². The molecule has 1 aliphatic rings. The van der Waals surface area contributed by atoms with Crippen molar-refractivity contribution in [1.29, 1.82) is 0 Å². The van der Waals surface area contributed by atoms with E-state index in [-0.39, 0.29) is 0 Å². The standard InChI is InChI=1S/C4H6O2S/c5-4(6)2-1-3-7-4/h1-2,5-6H,3H2. The zero-order valence-corrected chi connectivity index (χ0v) is 4.48. The van der Waals surface area contributed by atoms with E-state index >= 15 is 0 Å². The Hall–Kier alpha value is 0.01000. The van der Waals surface area contributed by atoms with Crippen molar-refractivity contribution >= 4 is 11.8 Å². The van der Waals surface area contributed by atoms with Crippen molar-refractivity contribution in [3.8, 4) is 0 Å². The minimum Gasteiger partial charge on any atom is -0.354 e. The fourth-order valence-electron chi connectivity index (χ4n) is 0.421. The molecule has 0 unspecified atom stereocenters. The number of thioether (sulfide) groups is 1. The zero-order valence-electron chi connectivity index (χ0n) is 3.66. The lowest BCUT2D eigenvalue weighted by atomic mass is 10.5. The number of hydrogen-bond donors (Lipinski definition) is 2. The van der Waals surface area contributed by atoms with Crippen LogP contribution in [0.5, 0.6) is 0 Å². The SMILES string of the molecule is OC1(O)C=CCS1. The predicted molar refractivity (Wildman–Crippen MR) is 28.8 cm³/mol. The Morgan fingerprint density at radius 2 is 2.29 bits per heavy atom. The van der Waals surface area contributed by atoms with Gasteiger partial charge in [0, 0.05) is 5.75 Å². The second-order valence-electron chi connectivity index (χ2n) is 1.37. The van der Waals surface area contributed by atoms with Crippen molar-refractivity contribution in [2.45, 2.75) is 5.12 Å². The summed E-state index contributed by atoms with van der Waals surface area (Å²) in [5, 5.41) is 15.7. The van der Waals surface area contributed by atoms with E-state index in [0.29, 0.717) is 5.75 Å². The normalized spacial score (nSPS) is 26.0. The highest BCUT2D eigenvalue weighted by Crippen LogP contribution is 2.25. The molecule has 0 saturated heterocycles. The molecule has 7 heavy (non-hydrogen) atoms. The van der Waals surface area contributed by atoms with Crippen LogP contribution in [0.25, 0.3) is 0 Å². The maximum Gasteiger partial charge on any atom is 0.234 e. The van der Waals surface area contributed by atoms with Crippen LogP contribution in [-0.2, 0) is 0 Å². The summed E-state index contributed by atoms with van der Waals surface area (Å²) in [6.07, 6.45) is 3.10. The van der Waals surface area contributed by atoms with Gasteiger partial charge in [-0.3, -0.25) is 0 Å². The fraction of sp³-hybridized carbons (Fsp3) is 0.500. The number of aliphatic hydroxyl groups is 2. The van der Waals surface area contributed by atoms with Crippen LogP contribution in [0.15, 0.2) is 12.2 Å². The first kappa shape index (κ1) is 5.15. The number of rotatable bonds is 0. The van der Waals surface area contributed by atoms with E-state index in [1.807, 2.05) is 0 Å². The van der Waals surface area contributed by atoms with Crippen molar-refractivity contribution in [3.63, 3.8) is 0 Å². The van der Waals surface area contributed by atoms with Gasteiger partial charge in [0.25, 0.3) is 0 Å². The molecule has 1 rings (SSSR count). The monoisotopic (exact) mass is 118 g/mol. The molecule has 0 bridgehead atoms. The average molecular weight is 118 g/mol. The van der Waals surface area contributed by atoms with Gasteiger partial charge in [-0.05, 0) is 6.08 Å². The Morgan fingerprint density at radius 1 is 1.57 bits per heavy atom. The molecule has 0 aromatic heterocycles. The van der Waals surface area contributed by atoms with Gasteiger partial charge in [-0.25, -0.2) is 0 Å². The topological polar surface area (TPSA) is 40.5 Å². The summed E-state index contributed by atoms with van der Waals surface area (Å²) >= 11 is 1.10. The van der Waals surface area contributed by atoms with Crippen LogP contribution < -0.4 is 0 Å². The lowest BCUT2D eigenvalue weighted by Gasteiger charge is -2.08. The number of hydrogen-bond acceptors (Lipinski definition) is 3. The summed E-state index contributed by atoms with van der Waals surface area (Å²) in [4.78, 5) is 0. The zero-order chi connectivity index (χ0) is 5.33. The largest absolute Gasteiger partial charge is 0.354 e. The molecule has 0 atom stereocenters. The van der Waals surface area contributed by atoms with Crippen LogP contribution in [0.4, 0.5) is 0 Å². The highest BCUT2D eigenvalue weighted by atomic mass is 32.2. The Bertz CT molecular complexity index is 97.9. The van der Waals surface area contributed by atoms with Gasteiger partial charge in [0.2, 0.25) is 5.12 Å². The highest BCUT2D eigenvalue weighted by Gasteiger charge is 2.22. The minimum absolute atomic E-state index is 0.701. The van der Waals surface area contributed by atoms with E-state index < -0.39 is 5.12 Å². The molecule has 0 aromatic rings. The lowest BCUT2D eigenvalue weighted by molar-refractivity contribution is -0.0311. The van der Waals surface area contributed by atoms with E-state index in [9.17, 15) is 0 Å². The van der Waals surface area contributed by atoms with E-state index in [0.717, 1.165) is 11.8 Å². The van der Waals surface area contributed by atoms with Crippen molar-refractivity contribution in [2.24, 2.45) is 0 Å². The fourth-order valence-corrected chi connectivity index (χ4v) is 1.05. The van der Waals surface area contributed by atoms with E-state index in [4.69, 9.17) is 10.2 Å². The molecular formula is C4H6O2S. The summed E-state index contributed by atoms with van der Waals surface area (Å²) in [6, 6.07) is 0. The first-order valence-electron chi connectivity index (χ1n) is 1.97. The molecule has 2 nitrogen and oxygen atoms in total. The van der Waals surface area contributed by atoms with Crippen LogP contribution in [-0.4, -0.2) is 21.1 Å². The first-order chi connectivity index (χ1) is 3.21. The molecular weight excluding hydrogens is 112 g/mol. The molecule has 0 saturated carbocycles. The quantitative estimate of drug-likeness (QED) is 0.345. The van der Waals surface area contributed by atoms with Crippen molar-refractivity contribution in [1.82, 2.24) is 0 Å². The average Bonchev–Trinajstić information content (AvgIpc) is 1.84. The van der Waals surface area contributed by atoms with Crippen LogP contribution >= 0.6 is 11.8 Å². The van der Waals surface area contributed by atoms with Crippen LogP contribution in [0.1, 0.15) is 0 Å². The van der Waals surface area contributed by atoms with Gasteiger partial charge in [-0.1, -0.05) is 17.8 Å². The highest BCUT2D eigenvalue weighted by molar-refractivity contribution is 8.00. The molecule has 1 heterocycles. The third-order valence-electron chi connectivity index (χ3n) is 0.727.